The summed E-state index contributed by atoms with van der Waals surface area (Å²) in [5.41, 5.74) is 8.42. The summed E-state index contributed by atoms with van der Waals surface area (Å²) in [5.74, 6) is 1.96. The Bertz CT molecular complexity index is 1150. The molecule has 11 heteroatoms. The number of likely N-dealkylation sites (N-methyl/N-ethyl adjacent to an activating group) is 1. The zero-order valence-electron chi connectivity index (χ0n) is 20.4. The molecule has 2 aromatic heterocycles. The van der Waals surface area contributed by atoms with E-state index in [2.05, 4.69) is 33.5 Å². The van der Waals surface area contributed by atoms with Gasteiger partial charge >= 0.3 is 0 Å². The van der Waals surface area contributed by atoms with Gasteiger partial charge in [-0.3, -0.25) is 0 Å². The average molecular weight is 499 g/mol. The zero-order valence-corrected chi connectivity index (χ0v) is 21.2. The third-order valence-corrected chi connectivity index (χ3v) is 7.45. The van der Waals surface area contributed by atoms with Crippen LogP contribution >= 0.6 is 11.3 Å². The molecular weight excluding hydrogens is 464 g/mol. The Morgan fingerprint density at radius 3 is 2.83 bits per heavy atom. The summed E-state index contributed by atoms with van der Waals surface area (Å²) >= 11 is 1.62. The average Bonchev–Trinajstić information content (AvgIpc) is 3.32. The van der Waals surface area contributed by atoms with Crippen LogP contribution in [0.3, 0.4) is 0 Å². The quantitative estimate of drug-likeness (QED) is 0.428. The molecule has 0 saturated carbocycles. The van der Waals surface area contributed by atoms with Crippen LogP contribution in [-0.2, 0) is 4.74 Å². The normalized spacial score (nSPS) is 19.2. The molecule has 2 aliphatic heterocycles. The highest BCUT2D eigenvalue weighted by Gasteiger charge is 2.27. The van der Waals surface area contributed by atoms with E-state index in [9.17, 15) is 0 Å². The summed E-state index contributed by atoms with van der Waals surface area (Å²) in [7, 11) is 3.83. The van der Waals surface area contributed by atoms with Crippen molar-refractivity contribution in [2.75, 3.05) is 82.2 Å². The van der Waals surface area contributed by atoms with Crippen LogP contribution in [0.1, 0.15) is 12.8 Å². The van der Waals surface area contributed by atoms with Gasteiger partial charge in [0, 0.05) is 38.8 Å². The van der Waals surface area contributed by atoms with Gasteiger partial charge in [0.1, 0.15) is 21.9 Å². The second-order valence-corrected chi connectivity index (χ2v) is 10.0. The molecule has 4 N–H and O–H groups in total. The number of thiazole rings is 1. The molecule has 5 rings (SSSR count). The number of nitrogens with zero attached hydrogens (tertiary/aromatic N) is 5. The van der Waals surface area contributed by atoms with E-state index in [0.717, 1.165) is 71.3 Å². The molecular formula is C24H34N8O2S. The lowest BCUT2D eigenvalue weighted by Crippen LogP contribution is -2.40. The highest BCUT2D eigenvalue weighted by Crippen LogP contribution is 2.42. The summed E-state index contributed by atoms with van der Waals surface area (Å²) in [6, 6.07) is 6.45. The highest BCUT2D eigenvalue weighted by molar-refractivity contribution is 7.21. The van der Waals surface area contributed by atoms with Gasteiger partial charge < -0.3 is 35.6 Å². The molecule has 2 fully saturated rings. The van der Waals surface area contributed by atoms with Crippen LogP contribution in [0, 0.1) is 0 Å². The number of piperidine rings is 1. The lowest BCUT2D eigenvalue weighted by atomic mass is 10.1. The van der Waals surface area contributed by atoms with Crippen LogP contribution in [0.5, 0.6) is 5.88 Å². The molecule has 2 saturated heterocycles. The van der Waals surface area contributed by atoms with Gasteiger partial charge in [-0.2, -0.15) is 9.97 Å². The van der Waals surface area contributed by atoms with Crippen molar-refractivity contribution in [1.29, 1.82) is 0 Å². The fraction of sp³-hybridized carbons (Fsp3) is 0.542. The van der Waals surface area contributed by atoms with Gasteiger partial charge in [0.15, 0.2) is 0 Å². The standard InChI is InChI=1S/C24H34N8O2S/c1-31-10-4-5-16(15-31)27-21-19(22(33-2)30-24(29-21)32-11-13-34-14-12-32)23-28-20-17(26-9-8-25)6-3-7-18(20)35-23/h3,6-7,16,26H,4-5,8-15,25H2,1-2H3,(H,27,29,30)/t16-/m1/s1. The van der Waals surface area contributed by atoms with Crippen molar-refractivity contribution in [1.82, 2.24) is 19.9 Å². The number of ether oxygens (including phenoxy) is 2. The van der Waals surface area contributed by atoms with Crippen LogP contribution < -0.4 is 26.0 Å². The smallest absolute Gasteiger partial charge is 0.230 e. The largest absolute Gasteiger partial charge is 0.480 e. The van der Waals surface area contributed by atoms with E-state index in [1.54, 1.807) is 18.4 Å². The van der Waals surface area contributed by atoms with Gasteiger partial charge in [-0.05, 0) is 38.6 Å². The minimum absolute atomic E-state index is 0.292. The van der Waals surface area contributed by atoms with Gasteiger partial charge in [0.05, 0.1) is 30.7 Å². The van der Waals surface area contributed by atoms with E-state index < -0.39 is 0 Å². The molecule has 4 heterocycles. The van der Waals surface area contributed by atoms with Crippen molar-refractivity contribution in [2.24, 2.45) is 5.73 Å². The molecule has 1 atom stereocenters. The Hall–Kier alpha value is -2.73. The lowest BCUT2D eigenvalue weighted by Gasteiger charge is -2.32. The fourth-order valence-electron chi connectivity index (χ4n) is 4.66. The number of nitrogens with one attached hydrogen (secondary N) is 2. The first-order chi connectivity index (χ1) is 17.2. The Morgan fingerprint density at radius 2 is 2.06 bits per heavy atom. The summed E-state index contributed by atoms with van der Waals surface area (Å²) < 4.78 is 12.5. The first-order valence-electron chi connectivity index (χ1n) is 12.2. The molecule has 2 aliphatic rings. The number of para-hydroxylation sites is 1. The third kappa shape index (κ3) is 5.27. The van der Waals surface area contributed by atoms with Crippen LogP contribution in [0.2, 0.25) is 0 Å². The maximum absolute atomic E-state index is 5.85. The third-order valence-electron chi connectivity index (χ3n) is 6.41. The minimum Gasteiger partial charge on any atom is -0.480 e. The second-order valence-electron chi connectivity index (χ2n) is 8.99. The van der Waals surface area contributed by atoms with Crippen LogP contribution in [0.4, 0.5) is 17.5 Å². The van der Waals surface area contributed by atoms with E-state index in [-0.39, 0.29) is 0 Å². The minimum atomic E-state index is 0.292. The van der Waals surface area contributed by atoms with Gasteiger partial charge in [0.25, 0.3) is 0 Å². The van der Waals surface area contributed by atoms with Gasteiger partial charge in [-0.25, -0.2) is 4.98 Å². The number of aromatic nitrogens is 3. The Labute approximate surface area is 209 Å². The van der Waals surface area contributed by atoms with E-state index in [4.69, 9.17) is 30.2 Å². The molecule has 0 spiro atoms. The number of anilines is 3. The van der Waals surface area contributed by atoms with Crippen molar-refractivity contribution >= 4 is 39.0 Å². The van der Waals surface area contributed by atoms with Gasteiger partial charge in [0.2, 0.25) is 11.8 Å². The van der Waals surface area contributed by atoms with E-state index >= 15 is 0 Å². The van der Waals surface area contributed by atoms with Crippen molar-refractivity contribution in [3.8, 4) is 16.5 Å². The monoisotopic (exact) mass is 498 g/mol. The van der Waals surface area contributed by atoms with E-state index in [1.165, 1.54) is 0 Å². The molecule has 0 unspecified atom stereocenters. The molecule has 10 nitrogen and oxygen atoms in total. The van der Waals surface area contributed by atoms with Crippen LogP contribution in [0.15, 0.2) is 18.2 Å². The topological polar surface area (TPSA) is 114 Å². The van der Waals surface area contributed by atoms with Gasteiger partial charge in [-0.1, -0.05) is 6.07 Å². The van der Waals surface area contributed by atoms with Crippen LogP contribution in [0.25, 0.3) is 20.8 Å². The van der Waals surface area contributed by atoms with E-state index in [0.29, 0.717) is 44.2 Å². The second kappa shape index (κ2) is 10.9. The summed E-state index contributed by atoms with van der Waals surface area (Å²) in [6.07, 6.45) is 2.25. The molecule has 0 radical (unpaired) electrons. The summed E-state index contributed by atoms with van der Waals surface area (Å²) in [6.45, 7) is 6.17. The maximum Gasteiger partial charge on any atom is 0.230 e. The molecule has 188 valence electrons. The van der Waals surface area contributed by atoms with Crippen LogP contribution in [-0.4, -0.2) is 92.5 Å². The van der Waals surface area contributed by atoms with Crippen molar-refractivity contribution < 1.29 is 9.47 Å². The molecule has 0 bridgehead atoms. The lowest BCUT2D eigenvalue weighted by molar-refractivity contribution is 0.122. The number of methoxy groups -OCH3 is 1. The summed E-state index contributed by atoms with van der Waals surface area (Å²) in [4.78, 5) is 19.4. The number of morpholine rings is 1. The number of nitrogens with two attached hydrogens (primary N) is 1. The molecule has 3 aromatic rings. The predicted octanol–water partition coefficient (Wildman–Crippen LogP) is 2.48. The first kappa shape index (κ1) is 24.0. The Morgan fingerprint density at radius 1 is 1.20 bits per heavy atom. The highest BCUT2D eigenvalue weighted by atomic mass is 32.1. The maximum atomic E-state index is 5.85. The molecule has 0 amide bonds. The predicted molar refractivity (Wildman–Crippen MR) is 142 cm³/mol. The Kier molecular flexibility index (Phi) is 7.47. The number of hydrogen-bond donors (Lipinski definition) is 3. The molecule has 0 aliphatic carbocycles. The number of rotatable bonds is 8. The van der Waals surface area contributed by atoms with Crippen molar-refractivity contribution in [2.45, 2.75) is 18.9 Å². The fourth-order valence-corrected chi connectivity index (χ4v) is 5.69. The van der Waals surface area contributed by atoms with Crippen molar-refractivity contribution in [3.05, 3.63) is 18.2 Å². The number of benzene rings is 1. The van der Waals surface area contributed by atoms with Gasteiger partial charge in [-0.15, -0.1) is 11.3 Å². The molecule has 1 aromatic carbocycles. The Balaban J connectivity index is 1.59. The first-order valence-corrected chi connectivity index (χ1v) is 13.1. The zero-order chi connectivity index (χ0) is 24.2. The number of likely N-dealkylation sites (tertiary alicyclic amines) is 1. The SMILES string of the molecule is COc1nc(N2CCOCC2)nc(N[C@@H]2CCCN(C)C2)c1-c1nc2c(NCCN)cccc2s1. The number of fused-ring (bicyclic) bond motifs is 1. The van der Waals surface area contributed by atoms with Crippen molar-refractivity contribution in [3.63, 3.8) is 0 Å². The number of hydrogen-bond acceptors (Lipinski definition) is 11. The summed E-state index contributed by atoms with van der Waals surface area (Å²) in [5, 5.41) is 7.95. The molecule has 35 heavy (non-hydrogen) atoms. The van der Waals surface area contributed by atoms with E-state index in [1.807, 2.05) is 12.1 Å².